The Morgan fingerprint density at radius 3 is 3.11 bits per heavy atom. The smallest absolute Gasteiger partial charge is 0.213 e. The SMILES string of the molecule is COc1cccc(C(O)CNCCc2ncon2)c1. The second-order valence-corrected chi connectivity index (χ2v) is 4.09. The van der Waals surface area contributed by atoms with Gasteiger partial charge in [0.05, 0.1) is 13.2 Å². The van der Waals surface area contributed by atoms with Crippen molar-refractivity contribution in [2.75, 3.05) is 20.2 Å². The van der Waals surface area contributed by atoms with Gasteiger partial charge in [0.2, 0.25) is 6.39 Å². The Hall–Kier alpha value is -1.92. The van der Waals surface area contributed by atoms with E-state index in [9.17, 15) is 5.11 Å². The summed E-state index contributed by atoms with van der Waals surface area (Å²) in [4.78, 5) is 3.92. The van der Waals surface area contributed by atoms with Gasteiger partial charge >= 0.3 is 0 Å². The number of aliphatic hydroxyl groups excluding tert-OH is 1. The third-order valence-electron chi connectivity index (χ3n) is 2.75. The number of rotatable bonds is 7. The van der Waals surface area contributed by atoms with Gasteiger partial charge in [-0.25, -0.2) is 0 Å². The van der Waals surface area contributed by atoms with Crippen LogP contribution in [0.25, 0.3) is 0 Å². The lowest BCUT2D eigenvalue weighted by Crippen LogP contribution is -2.24. The maximum Gasteiger partial charge on any atom is 0.213 e. The molecule has 2 rings (SSSR count). The van der Waals surface area contributed by atoms with Gasteiger partial charge in [0.25, 0.3) is 0 Å². The van der Waals surface area contributed by atoms with Crippen LogP contribution < -0.4 is 10.1 Å². The van der Waals surface area contributed by atoms with E-state index >= 15 is 0 Å². The number of methoxy groups -OCH3 is 1. The molecule has 1 aromatic carbocycles. The molecular weight excluding hydrogens is 246 g/mol. The lowest BCUT2D eigenvalue weighted by molar-refractivity contribution is 0.174. The monoisotopic (exact) mass is 263 g/mol. The molecule has 0 saturated carbocycles. The third kappa shape index (κ3) is 4.04. The molecule has 0 fully saturated rings. The molecule has 0 aliphatic rings. The maximum atomic E-state index is 10.0. The number of nitrogens with zero attached hydrogens (tertiary/aromatic N) is 2. The van der Waals surface area contributed by atoms with Crippen LogP contribution in [0.15, 0.2) is 35.2 Å². The van der Waals surface area contributed by atoms with Crippen LogP contribution in [0.1, 0.15) is 17.5 Å². The maximum absolute atomic E-state index is 10.0. The van der Waals surface area contributed by atoms with Gasteiger partial charge < -0.3 is 19.7 Å². The molecule has 1 heterocycles. The van der Waals surface area contributed by atoms with Crippen molar-refractivity contribution in [1.29, 1.82) is 0 Å². The van der Waals surface area contributed by atoms with E-state index in [1.54, 1.807) is 7.11 Å². The van der Waals surface area contributed by atoms with E-state index in [4.69, 9.17) is 4.74 Å². The van der Waals surface area contributed by atoms with Gasteiger partial charge in [-0.1, -0.05) is 17.3 Å². The summed E-state index contributed by atoms with van der Waals surface area (Å²) < 4.78 is 9.76. The van der Waals surface area contributed by atoms with E-state index < -0.39 is 6.10 Å². The molecule has 0 bridgehead atoms. The molecule has 1 aromatic heterocycles. The number of hydrogen-bond acceptors (Lipinski definition) is 6. The summed E-state index contributed by atoms with van der Waals surface area (Å²) in [5.74, 6) is 1.40. The van der Waals surface area contributed by atoms with E-state index in [-0.39, 0.29) is 0 Å². The predicted octanol–water partition coefficient (Wildman–Crippen LogP) is 0.944. The Balaban J connectivity index is 1.75. The molecule has 2 aromatic rings. The second-order valence-electron chi connectivity index (χ2n) is 4.09. The Morgan fingerprint density at radius 1 is 1.47 bits per heavy atom. The normalized spacial score (nSPS) is 12.3. The summed E-state index contributed by atoms with van der Waals surface area (Å²) in [6.45, 7) is 1.14. The molecule has 0 aliphatic heterocycles. The standard InChI is InChI=1S/C13H17N3O3/c1-18-11-4-2-3-10(7-11)12(17)8-14-6-5-13-15-9-19-16-13/h2-4,7,9,12,14,17H,5-6,8H2,1H3. The van der Waals surface area contributed by atoms with E-state index in [2.05, 4.69) is 20.0 Å². The zero-order chi connectivity index (χ0) is 13.5. The molecule has 102 valence electrons. The Labute approximate surface area is 111 Å². The molecule has 0 aliphatic carbocycles. The number of aromatic nitrogens is 2. The van der Waals surface area contributed by atoms with Crippen LogP contribution >= 0.6 is 0 Å². The highest BCUT2D eigenvalue weighted by Gasteiger charge is 2.08. The quantitative estimate of drug-likeness (QED) is 0.724. The van der Waals surface area contributed by atoms with Gasteiger partial charge in [-0.2, -0.15) is 4.98 Å². The van der Waals surface area contributed by atoms with Gasteiger partial charge in [-0.3, -0.25) is 0 Å². The van der Waals surface area contributed by atoms with Crippen molar-refractivity contribution in [3.05, 3.63) is 42.0 Å². The number of ether oxygens (including phenoxy) is 1. The van der Waals surface area contributed by atoms with Crippen LogP contribution in [0.5, 0.6) is 5.75 Å². The first-order valence-electron chi connectivity index (χ1n) is 6.07. The minimum Gasteiger partial charge on any atom is -0.497 e. The van der Waals surface area contributed by atoms with Crippen molar-refractivity contribution in [3.63, 3.8) is 0 Å². The van der Waals surface area contributed by atoms with E-state index in [1.807, 2.05) is 24.3 Å². The number of aliphatic hydroxyl groups is 1. The molecule has 6 heteroatoms. The molecule has 1 unspecified atom stereocenters. The average molecular weight is 263 g/mol. The molecule has 0 spiro atoms. The highest BCUT2D eigenvalue weighted by Crippen LogP contribution is 2.18. The van der Waals surface area contributed by atoms with Crippen LogP contribution in [0.4, 0.5) is 0 Å². The van der Waals surface area contributed by atoms with E-state index in [0.29, 0.717) is 25.3 Å². The minimum absolute atomic E-state index is 0.463. The summed E-state index contributed by atoms with van der Waals surface area (Å²) in [6, 6.07) is 7.40. The van der Waals surface area contributed by atoms with Crippen LogP contribution in [-0.2, 0) is 6.42 Å². The van der Waals surface area contributed by atoms with Crippen molar-refractivity contribution in [2.45, 2.75) is 12.5 Å². The fraction of sp³-hybridized carbons (Fsp3) is 0.385. The molecule has 6 nitrogen and oxygen atoms in total. The topological polar surface area (TPSA) is 80.4 Å². The van der Waals surface area contributed by atoms with Crippen LogP contribution in [0.2, 0.25) is 0 Å². The van der Waals surface area contributed by atoms with Crippen molar-refractivity contribution in [3.8, 4) is 5.75 Å². The number of hydrogen-bond donors (Lipinski definition) is 2. The first kappa shape index (κ1) is 13.5. The summed E-state index contributed by atoms with van der Waals surface area (Å²) in [5, 5.41) is 16.9. The second kappa shape index (κ2) is 6.86. The van der Waals surface area contributed by atoms with Crippen LogP contribution in [0, 0.1) is 0 Å². The summed E-state index contributed by atoms with van der Waals surface area (Å²) in [7, 11) is 1.61. The van der Waals surface area contributed by atoms with Crippen LogP contribution in [0.3, 0.4) is 0 Å². The van der Waals surface area contributed by atoms with Crippen LogP contribution in [-0.4, -0.2) is 35.4 Å². The number of benzene rings is 1. The zero-order valence-corrected chi connectivity index (χ0v) is 10.7. The lowest BCUT2D eigenvalue weighted by Gasteiger charge is -2.12. The summed E-state index contributed by atoms with van der Waals surface area (Å²) >= 11 is 0. The zero-order valence-electron chi connectivity index (χ0n) is 10.7. The van der Waals surface area contributed by atoms with Gasteiger partial charge in [0.1, 0.15) is 5.75 Å². The largest absolute Gasteiger partial charge is 0.497 e. The van der Waals surface area contributed by atoms with Gasteiger partial charge in [0, 0.05) is 19.5 Å². The molecule has 1 atom stereocenters. The first-order chi connectivity index (χ1) is 9.29. The molecule has 2 N–H and O–H groups in total. The third-order valence-corrected chi connectivity index (χ3v) is 2.75. The predicted molar refractivity (Wildman–Crippen MR) is 68.8 cm³/mol. The fourth-order valence-electron chi connectivity index (χ4n) is 1.71. The van der Waals surface area contributed by atoms with Gasteiger partial charge in [-0.05, 0) is 17.7 Å². The van der Waals surface area contributed by atoms with Gasteiger partial charge in [-0.15, -0.1) is 0 Å². The fourth-order valence-corrected chi connectivity index (χ4v) is 1.71. The molecular formula is C13H17N3O3. The van der Waals surface area contributed by atoms with Crippen molar-refractivity contribution >= 4 is 0 Å². The summed E-state index contributed by atoms with van der Waals surface area (Å²) in [5.41, 5.74) is 0.825. The van der Waals surface area contributed by atoms with Crippen molar-refractivity contribution in [1.82, 2.24) is 15.5 Å². The highest BCUT2D eigenvalue weighted by atomic mass is 16.5. The highest BCUT2D eigenvalue weighted by molar-refractivity contribution is 5.29. The average Bonchev–Trinajstić information content (AvgIpc) is 2.96. The Kier molecular flexibility index (Phi) is 4.88. The van der Waals surface area contributed by atoms with E-state index in [1.165, 1.54) is 6.39 Å². The molecule has 19 heavy (non-hydrogen) atoms. The minimum atomic E-state index is -0.569. The van der Waals surface area contributed by atoms with Crippen molar-refractivity contribution < 1.29 is 14.4 Å². The van der Waals surface area contributed by atoms with Crippen molar-refractivity contribution in [2.24, 2.45) is 0 Å². The molecule has 0 radical (unpaired) electrons. The lowest BCUT2D eigenvalue weighted by atomic mass is 10.1. The Bertz CT molecular complexity index is 488. The number of nitrogens with one attached hydrogen (secondary N) is 1. The molecule has 0 saturated heterocycles. The first-order valence-corrected chi connectivity index (χ1v) is 6.07. The van der Waals surface area contributed by atoms with Gasteiger partial charge in [0.15, 0.2) is 5.82 Å². The Morgan fingerprint density at radius 2 is 2.37 bits per heavy atom. The van der Waals surface area contributed by atoms with E-state index in [0.717, 1.165) is 11.3 Å². The summed E-state index contributed by atoms with van der Waals surface area (Å²) in [6.07, 6.45) is 1.40. The molecule has 0 amide bonds.